The minimum atomic E-state index is -3.78. The number of carbonyl (C=O) groups is 1. The van der Waals surface area contributed by atoms with Gasteiger partial charge in [0.05, 0.1) is 9.82 Å². The summed E-state index contributed by atoms with van der Waals surface area (Å²) in [6.45, 7) is 9.96. The maximum absolute atomic E-state index is 12.7. The maximum Gasteiger partial charge on any atom is 0.293 e. The summed E-state index contributed by atoms with van der Waals surface area (Å²) < 4.78 is 26.8. The monoisotopic (exact) mass is 440 g/mol. The van der Waals surface area contributed by atoms with Gasteiger partial charge in [0.15, 0.2) is 0 Å². The summed E-state index contributed by atoms with van der Waals surface area (Å²) in [5.74, 6) is 0.144. The zero-order chi connectivity index (χ0) is 22.5. The van der Waals surface area contributed by atoms with E-state index >= 15 is 0 Å². The number of nitro benzene ring substituents is 1. The quantitative estimate of drug-likeness (QED) is 0.432. The molecule has 0 saturated carbocycles. The fourth-order valence-corrected chi connectivity index (χ4v) is 5.33. The molecule has 1 amide bonds. The Hall–Kier alpha value is -2.20. The lowest BCUT2D eigenvalue weighted by Gasteiger charge is -2.37. The van der Waals surface area contributed by atoms with Crippen LogP contribution in [0.1, 0.15) is 40.5 Å². The number of sulfonamides is 1. The number of anilines is 1. The summed E-state index contributed by atoms with van der Waals surface area (Å²) in [7, 11) is -3.78. The number of piperazine rings is 1. The van der Waals surface area contributed by atoms with Crippen molar-refractivity contribution >= 4 is 27.3 Å². The lowest BCUT2D eigenvalue weighted by atomic mass is 10.0. The summed E-state index contributed by atoms with van der Waals surface area (Å²) in [5, 5.41) is 11.7. The Morgan fingerprint density at radius 1 is 1.10 bits per heavy atom. The van der Waals surface area contributed by atoms with E-state index in [0.717, 1.165) is 18.9 Å². The molecule has 1 saturated heterocycles. The highest BCUT2D eigenvalue weighted by Gasteiger charge is 2.30. The molecule has 1 aliphatic rings. The van der Waals surface area contributed by atoms with E-state index in [1.165, 1.54) is 16.4 Å². The summed E-state index contributed by atoms with van der Waals surface area (Å²) in [5.41, 5.74) is 0.149. The van der Waals surface area contributed by atoms with Gasteiger partial charge in [-0.2, -0.15) is 4.31 Å². The Labute approximate surface area is 178 Å². The summed E-state index contributed by atoms with van der Waals surface area (Å²) in [4.78, 5) is 27.3. The molecule has 1 fully saturated rings. The summed E-state index contributed by atoms with van der Waals surface area (Å²) in [6, 6.07) is 4.08. The van der Waals surface area contributed by atoms with Crippen LogP contribution in [0.5, 0.6) is 0 Å². The molecule has 168 valence electrons. The number of hydrogen-bond acceptors (Lipinski definition) is 6. The first-order valence-electron chi connectivity index (χ1n) is 10.5. The second-order valence-corrected chi connectivity index (χ2v) is 9.26. The van der Waals surface area contributed by atoms with Crippen molar-refractivity contribution in [2.75, 3.05) is 44.2 Å². The van der Waals surface area contributed by atoms with Gasteiger partial charge < -0.3 is 9.80 Å². The molecule has 0 bridgehead atoms. The van der Waals surface area contributed by atoms with Gasteiger partial charge in [-0.1, -0.05) is 27.7 Å². The fraction of sp³-hybridized carbons (Fsp3) is 0.650. The third-order valence-electron chi connectivity index (χ3n) is 5.75. The average Bonchev–Trinajstić information content (AvgIpc) is 2.74. The molecule has 0 unspecified atom stereocenters. The molecule has 0 radical (unpaired) electrons. The van der Waals surface area contributed by atoms with E-state index in [4.69, 9.17) is 0 Å². The van der Waals surface area contributed by atoms with E-state index in [-0.39, 0.29) is 22.4 Å². The van der Waals surface area contributed by atoms with E-state index in [2.05, 4.69) is 0 Å². The number of nitrogens with zero attached hydrogens (tertiary/aromatic N) is 4. The molecular formula is C20H32N4O5S. The maximum atomic E-state index is 12.7. The molecule has 0 spiro atoms. The SMILES string of the molecule is CCC(CC)C(=O)N1CCN(c2ccc(S(=O)(=O)N(CC)CC)cc2[N+](=O)[O-])CC1. The predicted octanol–water partition coefficient (Wildman–Crippen LogP) is 2.71. The molecule has 0 N–H and O–H groups in total. The highest BCUT2D eigenvalue weighted by Crippen LogP contribution is 2.32. The molecule has 0 aromatic heterocycles. The van der Waals surface area contributed by atoms with Crippen molar-refractivity contribution in [3.63, 3.8) is 0 Å². The van der Waals surface area contributed by atoms with E-state index in [9.17, 15) is 23.3 Å². The van der Waals surface area contributed by atoms with Crippen LogP contribution in [0.4, 0.5) is 11.4 Å². The van der Waals surface area contributed by atoms with Crippen LogP contribution >= 0.6 is 0 Å². The van der Waals surface area contributed by atoms with Crippen molar-refractivity contribution in [2.24, 2.45) is 5.92 Å². The van der Waals surface area contributed by atoms with Crippen molar-refractivity contribution in [3.8, 4) is 0 Å². The topological polar surface area (TPSA) is 104 Å². The molecule has 1 aromatic carbocycles. The van der Waals surface area contributed by atoms with Gasteiger partial charge in [-0.3, -0.25) is 14.9 Å². The number of hydrogen-bond donors (Lipinski definition) is 0. The summed E-state index contributed by atoms with van der Waals surface area (Å²) >= 11 is 0. The molecule has 1 aromatic rings. The largest absolute Gasteiger partial charge is 0.362 e. The minimum absolute atomic E-state index is 0.00968. The molecule has 0 atom stereocenters. The molecule has 1 heterocycles. The molecule has 2 rings (SSSR count). The number of amides is 1. The second kappa shape index (κ2) is 10.2. The first-order chi connectivity index (χ1) is 14.2. The van der Waals surface area contributed by atoms with E-state index < -0.39 is 14.9 Å². The Morgan fingerprint density at radius 3 is 2.13 bits per heavy atom. The second-order valence-electron chi connectivity index (χ2n) is 7.32. The van der Waals surface area contributed by atoms with Crippen LogP contribution < -0.4 is 4.90 Å². The number of rotatable bonds is 9. The van der Waals surface area contributed by atoms with Gasteiger partial charge in [0, 0.05) is 51.3 Å². The standard InChI is InChI=1S/C20H32N4O5S/c1-5-16(6-2)20(25)22-13-11-21(12-14-22)18-10-9-17(15-19(18)24(26)27)30(28,29)23(7-3)8-4/h9-10,15-16H,5-8,11-14H2,1-4H3. The van der Waals surface area contributed by atoms with E-state index in [1.807, 2.05) is 23.6 Å². The zero-order valence-corrected chi connectivity index (χ0v) is 19.0. The minimum Gasteiger partial charge on any atom is -0.362 e. The van der Waals surface area contributed by atoms with Gasteiger partial charge in [0.2, 0.25) is 15.9 Å². The van der Waals surface area contributed by atoms with E-state index in [1.54, 1.807) is 13.8 Å². The average molecular weight is 441 g/mol. The highest BCUT2D eigenvalue weighted by atomic mass is 32.2. The van der Waals surface area contributed by atoms with Crippen molar-refractivity contribution in [1.29, 1.82) is 0 Å². The van der Waals surface area contributed by atoms with Crippen molar-refractivity contribution < 1.29 is 18.1 Å². The zero-order valence-electron chi connectivity index (χ0n) is 18.2. The predicted molar refractivity (Wildman–Crippen MR) is 116 cm³/mol. The smallest absolute Gasteiger partial charge is 0.293 e. The Bertz CT molecular complexity index is 858. The van der Waals surface area contributed by atoms with Gasteiger partial charge in [0.1, 0.15) is 5.69 Å². The Kier molecular flexibility index (Phi) is 8.19. The lowest BCUT2D eigenvalue weighted by molar-refractivity contribution is -0.384. The number of carbonyl (C=O) groups excluding carboxylic acids is 1. The van der Waals surface area contributed by atoms with Gasteiger partial charge in [-0.05, 0) is 25.0 Å². The van der Waals surface area contributed by atoms with Gasteiger partial charge in [-0.25, -0.2) is 8.42 Å². The summed E-state index contributed by atoms with van der Waals surface area (Å²) in [6.07, 6.45) is 1.59. The molecule has 10 heteroatoms. The molecule has 30 heavy (non-hydrogen) atoms. The Balaban J connectivity index is 2.25. The van der Waals surface area contributed by atoms with Gasteiger partial charge in [-0.15, -0.1) is 0 Å². The van der Waals surface area contributed by atoms with Crippen molar-refractivity contribution in [3.05, 3.63) is 28.3 Å². The lowest BCUT2D eigenvalue weighted by Crippen LogP contribution is -2.50. The molecular weight excluding hydrogens is 408 g/mol. The van der Waals surface area contributed by atoms with Crippen molar-refractivity contribution in [2.45, 2.75) is 45.4 Å². The highest BCUT2D eigenvalue weighted by molar-refractivity contribution is 7.89. The Morgan fingerprint density at radius 2 is 1.67 bits per heavy atom. The number of nitro groups is 1. The fourth-order valence-electron chi connectivity index (χ4n) is 3.85. The van der Waals surface area contributed by atoms with Crippen molar-refractivity contribution in [1.82, 2.24) is 9.21 Å². The molecule has 9 nitrogen and oxygen atoms in total. The van der Waals surface area contributed by atoms with Crippen LogP contribution in [0.3, 0.4) is 0 Å². The van der Waals surface area contributed by atoms with Crippen LogP contribution in [-0.2, 0) is 14.8 Å². The normalized spacial score (nSPS) is 15.1. The third-order valence-corrected chi connectivity index (χ3v) is 7.80. The first-order valence-corrected chi connectivity index (χ1v) is 12.0. The van der Waals surface area contributed by atoms with Crippen LogP contribution in [-0.4, -0.2) is 67.7 Å². The van der Waals surface area contributed by atoms with Crippen LogP contribution in [0, 0.1) is 16.0 Å². The first kappa shape index (κ1) is 24.1. The van der Waals surface area contributed by atoms with Crippen LogP contribution in [0.25, 0.3) is 0 Å². The van der Waals surface area contributed by atoms with Crippen LogP contribution in [0.2, 0.25) is 0 Å². The van der Waals surface area contributed by atoms with E-state index in [0.29, 0.717) is 45.0 Å². The van der Waals surface area contributed by atoms with Gasteiger partial charge >= 0.3 is 0 Å². The molecule has 1 aliphatic heterocycles. The van der Waals surface area contributed by atoms with Gasteiger partial charge in [0.25, 0.3) is 5.69 Å². The third kappa shape index (κ3) is 4.92. The molecule has 0 aliphatic carbocycles. The number of benzene rings is 1. The van der Waals surface area contributed by atoms with Crippen LogP contribution in [0.15, 0.2) is 23.1 Å².